The van der Waals surface area contributed by atoms with Gasteiger partial charge in [0.05, 0.1) is 6.61 Å². The summed E-state index contributed by atoms with van der Waals surface area (Å²) in [5.74, 6) is 0.195. The van der Waals surface area contributed by atoms with Crippen LogP contribution < -0.4 is 11.2 Å². The van der Waals surface area contributed by atoms with Crippen molar-refractivity contribution in [3.8, 4) is 0 Å². The Hall–Kier alpha value is -1.72. The van der Waals surface area contributed by atoms with E-state index in [1.165, 1.54) is 10.9 Å². The van der Waals surface area contributed by atoms with Crippen LogP contribution in [-0.2, 0) is 4.74 Å². The molecule has 0 bridgehead atoms. The first-order chi connectivity index (χ1) is 9.10. The summed E-state index contributed by atoms with van der Waals surface area (Å²) in [5, 5.41) is 36.9. The molecule has 10 heteroatoms. The quantitative estimate of drug-likeness (QED) is 0.203. The molecule has 4 atom stereocenters. The van der Waals surface area contributed by atoms with E-state index >= 15 is 0 Å². The monoisotopic (exact) mass is 273 g/mol. The average Bonchev–Trinajstić information content (AvgIpc) is 2.90. The number of nitrogen functional groups attached to an aromatic ring is 1. The fourth-order valence-electron chi connectivity index (χ4n) is 1.86. The van der Waals surface area contributed by atoms with Gasteiger partial charge in [-0.1, -0.05) is 0 Å². The van der Waals surface area contributed by atoms with Crippen molar-refractivity contribution in [1.82, 2.24) is 15.0 Å². The number of hydrogen-bond donors (Lipinski definition) is 6. The molecular formula is C9H15N5O5. The second-order valence-corrected chi connectivity index (χ2v) is 3.98. The highest BCUT2D eigenvalue weighted by Crippen LogP contribution is 2.33. The zero-order valence-electron chi connectivity index (χ0n) is 9.79. The first-order valence-electron chi connectivity index (χ1n) is 5.47. The van der Waals surface area contributed by atoms with Gasteiger partial charge in [-0.25, -0.2) is 9.98 Å². The van der Waals surface area contributed by atoms with Gasteiger partial charge in [-0.15, -0.1) is 0 Å². The van der Waals surface area contributed by atoms with Gasteiger partial charge in [0.1, 0.15) is 31.0 Å². The molecule has 1 aliphatic heterocycles. The molecule has 0 aliphatic carbocycles. The number of nitrogens with two attached hydrogens (primary N) is 1. The van der Waals surface area contributed by atoms with Crippen molar-refractivity contribution in [2.45, 2.75) is 24.5 Å². The summed E-state index contributed by atoms with van der Waals surface area (Å²) in [6, 6.07) is 0. The first kappa shape index (κ1) is 13.7. The molecule has 0 aromatic carbocycles. The van der Waals surface area contributed by atoms with Crippen LogP contribution in [0.4, 0.5) is 11.6 Å². The minimum absolute atomic E-state index is 0.0846. The minimum atomic E-state index is -1.25. The number of nitrogens with zero attached hydrogens (tertiary/aromatic N) is 3. The Labute approximate surface area is 107 Å². The Morgan fingerprint density at radius 3 is 2.84 bits per heavy atom. The van der Waals surface area contributed by atoms with Gasteiger partial charge in [0.2, 0.25) is 0 Å². The van der Waals surface area contributed by atoms with Gasteiger partial charge in [-0.3, -0.25) is 15.3 Å². The van der Waals surface area contributed by atoms with Crippen LogP contribution in [0, 0.1) is 0 Å². The summed E-state index contributed by atoms with van der Waals surface area (Å²) in [4.78, 5) is 7.57. The Kier molecular flexibility index (Phi) is 3.97. The lowest BCUT2D eigenvalue weighted by Gasteiger charge is -2.17. The zero-order chi connectivity index (χ0) is 14.0. The second-order valence-electron chi connectivity index (χ2n) is 3.98. The standard InChI is InChI=1S/C9H15N5O5/c10-7-8(11-2-13-18)12-3-14(7)9-6(17)5(16)4(1-15)19-9/h2-6,9,15-18H,1,10H2,(H,11,13)/t4-,5-,6-,9-/m1/s1. The number of ether oxygens (including phenoxy) is 1. The fourth-order valence-corrected chi connectivity index (χ4v) is 1.86. The van der Waals surface area contributed by atoms with Crippen LogP contribution in [-0.4, -0.2) is 61.3 Å². The largest absolute Gasteiger partial charge is 0.394 e. The molecule has 1 aliphatic rings. The van der Waals surface area contributed by atoms with Crippen LogP contribution in [0.25, 0.3) is 0 Å². The molecule has 1 saturated heterocycles. The lowest BCUT2D eigenvalue weighted by atomic mass is 10.1. The molecule has 0 spiro atoms. The summed E-state index contributed by atoms with van der Waals surface area (Å²) in [5.41, 5.74) is 7.46. The number of aliphatic imine (C=N–C) groups is 1. The topological polar surface area (TPSA) is 158 Å². The fraction of sp³-hybridized carbons (Fsp3) is 0.556. The average molecular weight is 273 g/mol. The normalized spacial score (nSPS) is 31.2. The van der Waals surface area contributed by atoms with E-state index in [-0.39, 0.29) is 11.6 Å². The van der Waals surface area contributed by atoms with Crippen molar-refractivity contribution in [3.63, 3.8) is 0 Å². The minimum Gasteiger partial charge on any atom is -0.394 e. The Morgan fingerprint density at radius 2 is 2.26 bits per heavy atom. The zero-order valence-corrected chi connectivity index (χ0v) is 9.79. The van der Waals surface area contributed by atoms with Gasteiger partial charge in [-0.2, -0.15) is 0 Å². The maximum atomic E-state index is 9.84. The number of nitrogens with one attached hydrogen (secondary N) is 1. The van der Waals surface area contributed by atoms with E-state index in [1.54, 1.807) is 5.48 Å². The van der Waals surface area contributed by atoms with Crippen LogP contribution in [0.3, 0.4) is 0 Å². The summed E-state index contributed by atoms with van der Waals surface area (Å²) < 4.78 is 6.58. The summed E-state index contributed by atoms with van der Waals surface area (Å²) in [6.07, 6.45) is -2.08. The van der Waals surface area contributed by atoms with Crippen LogP contribution in [0.5, 0.6) is 0 Å². The summed E-state index contributed by atoms with van der Waals surface area (Å²) >= 11 is 0. The van der Waals surface area contributed by atoms with Crippen molar-refractivity contribution in [2.24, 2.45) is 4.99 Å². The third-order valence-corrected chi connectivity index (χ3v) is 2.85. The van der Waals surface area contributed by atoms with Crippen molar-refractivity contribution < 1.29 is 25.3 Å². The molecule has 7 N–H and O–H groups in total. The van der Waals surface area contributed by atoms with Gasteiger partial charge >= 0.3 is 0 Å². The van der Waals surface area contributed by atoms with Crippen molar-refractivity contribution in [3.05, 3.63) is 6.33 Å². The van der Waals surface area contributed by atoms with Crippen LogP contribution in [0.2, 0.25) is 0 Å². The molecule has 0 unspecified atom stereocenters. The molecule has 0 amide bonds. The van der Waals surface area contributed by atoms with Crippen molar-refractivity contribution in [2.75, 3.05) is 12.3 Å². The Morgan fingerprint density at radius 1 is 1.53 bits per heavy atom. The van der Waals surface area contributed by atoms with Crippen molar-refractivity contribution >= 4 is 18.0 Å². The number of rotatable bonds is 4. The number of aliphatic hydroxyl groups is 3. The predicted molar refractivity (Wildman–Crippen MR) is 62.7 cm³/mol. The van der Waals surface area contributed by atoms with Gasteiger partial charge in [0.25, 0.3) is 0 Å². The maximum absolute atomic E-state index is 9.84. The SMILES string of the molecule is Nc1c(N=CNO)ncn1[C@@H]1O[C@H](CO)[C@@H](O)[C@H]1O. The number of anilines is 1. The number of hydroxylamine groups is 1. The smallest absolute Gasteiger partial charge is 0.196 e. The van der Waals surface area contributed by atoms with E-state index in [2.05, 4.69) is 9.98 Å². The predicted octanol–water partition coefficient (Wildman–Crippen LogP) is -2.28. The highest BCUT2D eigenvalue weighted by Gasteiger charge is 2.44. The van der Waals surface area contributed by atoms with Crippen molar-refractivity contribution in [1.29, 1.82) is 0 Å². The third kappa shape index (κ3) is 2.39. The van der Waals surface area contributed by atoms with E-state index < -0.39 is 31.1 Å². The lowest BCUT2D eigenvalue weighted by molar-refractivity contribution is -0.0517. The molecule has 106 valence electrons. The van der Waals surface area contributed by atoms with E-state index in [0.29, 0.717) is 0 Å². The summed E-state index contributed by atoms with van der Waals surface area (Å²) in [7, 11) is 0. The molecule has 19 heavy (non-hydrogen) atoms. The van der Waals surface area contributed by atoms with Crippen LogP contribution >= 0.6 is 0 Å². The Bertz CT molecular complexity index is 464. The van der Waals surface area contributed by atoms with Gasteiger partial charge in [0.15, 0.2) is 17.9 Å². The van der Waals surface area contributed by atoms with Crippen LogP contribution in [0.1, 0.15) is 6.23 Å². The van der Waals surface area contributed by atoms with Gasteiger partial charge in [-0.05, 0) is 0 Å². The van der Waals surface area contributed by atoms with E-state index in [9.17, 15) is 10.2 Å². The maximum Gasteiger partial charge on any atom is 0.196 e. The van der Waals surface area contributed by atoms with Crippen LogP contribution in [0.15, 0.2) is 11.3 Å². The van der Waals surface area contributed by atoms with E-state index in [0.717, 1.165) is 6.34 Å². The second kappa shape index (κ2) is 5.50. The molecule has 1 aromatic heterocycles. The number of aliphatic hydroxyl groups excluding tert-OH is 3. The number of aromatic nitrogens is 2. The number of imidazole rings is 1. The molecule has 2 heterocycles. The molecule has 2 rings (SSSR count). The van der Waals surface area contributed by atoms with E-state index in [4.69, 9.17) is 20.8 Å². The molecule has 1 aromatic rings. The molecule has 0 radical (unpaired) electrons. The highest BCUT2D eigenvalue weighted by molar-refractivity contribution is 5.64. The molecule has 10 nitrogen and oxygen atoms in total. The number of hydrogen-bond acceptors (Lipinski definition) is 8. The first-order valence-corrected chi connectivity index (χ1v) is 5.47. The molecule has 1 fully saturated rings. The highest BCUT2D eigenvalue weighted by atomic mass is 16.6. The van der Waals surface area contributed by atoms with Gasteiger partial charge < -0.3 is 25.8 Å². The Balaban J connectivity index is 2.23. The van der Waals surface area contributed by atoms with Gasteiger partial charge in [0, 0.05) is 0 Å². The lowest BCUT2D eigenvalue weighted by Crippen LogP contribution is -2.33. The van der Waals surface area contributed by atoms with E-state index in [1.807, 2.05) is 0 Å². The third-order valence-electron chi connectivity index (χ3n) is 2.85. The molecular weight excluding hydrogens is 258 g/mol. The molecule has 0 saturated carbocycles. The summed E-state index contributed by atoms with van der Waals surface area (Å²) in [6.45, 7) is -0.428.